The van der Waals surface area contributed by atoms with Crippen LogP contribution in [-0.4, -0.2) is 18.3 Å². The maximum Gasteiger partial charge on any atom is 0.255 e. The summed E-state index contributed by atoms with van der Waals surface area (Å²) in [5.74, 6) is -0.0603. The first-order valence-corrected chi connectivity index (χ1v) is 8.29. The first-order chi connectivity index (χ1) is 13.2. The third-order valence-corrected chi connectivity index (χ3v) is 3.87. The van der Waals surface area contributed by atoms with Gasteiger partial charge in [0.05, 0.1) is 5.56 Å². The fraction of sp³-hybridized carbons (Fsp3) is 0.0455. The molecule has 0 atom stereocenters. The Kier molecular flexibility index (Phi) is 5.60. The standard InChI is InChI=1S/C22H16N2O3/c23-14-18-8-4-5-9-21(18)27-15-20(25)16-10-12-19(13-11-16)24-22(26)17-6-2-1-3-7-17/h1-13H,15H2,(H,24,26). The summed E-state index contributed by atoms with van der Waals surface area (Å²) in [6.07, 6.45) is 0. The number of rotatable bonds is 6. The number of benzene rings is 3. The number of hydrogen-bond acceptors (Lipinski definition) is 4. The molecule has 0 aliphatic rings. The van der Waals surface area contributed by atoms with Crippen LogP contribution in [0, 0.1) is 11.3 Å². The zero-order chi connectivity index (χ0) is 19.1. The number of Topliss-reactive ketones (excluding diaryl/α,β-unsaturated/α-hetero) is 1. The smallest absolute Gasteiger partial charge is 0.255 e. The summed E-state index contributed by atoms with van der Waals surface area (Å²) >= 11 is 0. The topological polar surface area (TPSA) is 79.2 Å². The van der Waals surface area contributed by atoms with E-state index in [-0.39, 0.29) is 18.3 Å². The molecule has 5 heteroatoms. The zero-order valence-electron chi connectivity index (χ0n) is 14.4. The molecule has 0 bridgehead atoms. The zero-order valence-corrected chi connectivity index (χ0v) is 14.4. The van der Waals surface area contributed by atoms with Crippen molar-refractivity contribution < 1.29 is 14.3 Å². The van der Waals surface area contributed by atoms with Crippen LogP contribution < -0.4 is 10.1 Å². The van der Waals surface area contributed by atoms with E-state index in [1.165, 1.54) is 0 Å². The highest BCUT2D eigenvalue weighted by Crippen LogP contribution is 2.17. The van der Waals surface area contributed by atoms with Gasteiger partial charge in [0.1, 0.15) is 11.8 Å². The fourth-order valence-corrected chi connectivity index (χ4v) is 2.44. The largest absolute Gasteiger partial charge is 0.484 e. The van der Waals surface area contributed by atoms with Gasteiger partial charge in [-0.3, -0.25) is 9.59 Å². The maximum absolute atomic E-state index is 12.3. The molecule has 0 saturated heterocycles. The highest BCUT2D eigenvalue weighted by Gasteiger charge is 2.10. The van der Waals surface area contributed by atoms with Crippen molar-refractivity contribution in [3.05, 3.63) is 95.6 Å². The predicted octanol–water partition coefficient (Wildman–Crippen LogP) is 4.07. The van der Waals surface area contributed by atoms with Gasteiger partial charge in [0, 0.05) is 16.8 Å². The lowest BCUT2D eigenvalue weighted by Crippen LogP contribution is -2.13. The summed E-state index contributed by atoms with van der Waals surface area (Å²) in [5.41, 5.74) is 1.99. The Morgan fingerprint density at radius 3 is 2.22 bits per heavy atom. The first-order valence-electron chi connectivity index (χ1n) is 8.29. The molecule has 3 rings (SSSR count). The van der Waals surface area contributed by atoms with Gasteiger partial charge in [0.2, 0.25) is 0 Å². The van der Waals surface area contributed by atoms with Crippen molar-refractivity contribution in [3.8, 4) is 11.8 Å². The number of nitriles is 1. The van der Waals surface area contributed by atoms with E-state index >= 15 is 0 Å². The Bertz CT molecular complexity index is 990. The number of anilines is 1. The minimum Gasteiger partial charge on any atom is -0.484 e. The third kappa shape index (κ3) is 4.59. The summed E-state index contributed by atoms with van der Waals surface area (Å²) in [7, 11) is 0. The SMILES string of the molecule is N#Cc1ccccc1OCC(=O)c1ccc(NC(=O)c2ccccc2)cc1. The molecule has 0 unspecified atom stereocenters. The van der Waals surface area contributed by atoms with Crippen molar-refractivity contribution in [2.75, 3.05) is 11.9 Å². The van der Waals surface area contributed by atoms with Gasteiger partial charge in [0.15, 0.2) is 12.4 Å². The molecule has 1 amide bonds. The molecule has 132 valence electrons. The molecule has 27 heavy (non-hydrogen) atoms. The van der Waals surface area contributed by atoms with Crippen LogP contribution in [0.2, 0.25) is 0 Å². The van der Waals surface area contributed by atoms with Gasteiger partial charge in [-0.2, -0.15) is 5.26 Å². The lowest BCUT2D eigenvalue weighted by Gasteiger charge is -2.08. The normalized spacial score (nSPS) is 9.89. The quantitative estimate of drug-likeness (QED) is 0.675. The minimum atomic E-state index is -0.219. The molecule has 0 fully saturated rings. The maximum atomic E-state index is 12.3. The van der Waals surface area contributed by atoms with Crippen molar-refractivity contribution in [2.45, 2.75) is 0 Å². The van der Waals surface area contributed by atoms with E-state index in [2.05, 4.69) is 5.32 Å². The number of carbonyl (C=O) groups excluding carboxylic acids is 2. The van der Waals surface area contributed by atoms with E-state index in [0.29, 0.717) is 28.1 Å². The van der Waals surface area contributed by atoms with Crippen molar-refractivity contribution in [1.29, 1.82) is 5.26 Å². The minimum absolute atomic E-state index is 0.172. The molecule has 0 aliphatic heterocycles. The van der Waals surface area contributed by atoms with Crippen molar-refractivity contribution >= 4 is 17.4 Å². The van der Waals surface area contributed by atoms with E-state index in [9.17, 15) is 9.59 Å². The van der Waals surface area contributed by atoms with Gasteiger partial charge >= 0.3 is 0 Å². The van der Waals surface area contributed by atoms with Crippen LogP contribution in [0.15, 0.2) is 78.9 Å². The molecule has 1 N–H and O–H groups in total. The number of ether oxygens (including phenoxy) is 1. The molecule has 0 saturated carbocycles. The van der Waals surface area contributed by atoms with Crippen LogP contribution in [0.5, 0.6) is 5.75 Å². The number of nitrogens with one attached hydrogen (secondary N) is 1. The number of nitrogens with zero attached hydrogens (tertiary/aromatic N) is 1. The Labute approximate surface area is 156 Å². The Hall–Kier alpha value is -3.91. The van der Waals surface area contributed by atoms with Gasteiger partial charge in [0.25, 0.3) is 5.91 Å². The second-order valence-electron chi connectivity index (χ2n) is 5.72. The van der Waals surface area contributed by atoms with E-state index < -0.39 is 0 Å². The average Bonchev–Trinajstić information content (AvgIpc) is 2.73. The van der Waals surface area contributed by atoms with Crippen molar-refractivity contribution in [3.63, 3.8) is 0 Å². The molecule has 5 nitrogen and oxygen atoms in total. The Morgan fingerprint density at radius 2 is 1.52 bits per heavy atom. The number of carbonyl (C=O) groups is 2. The number of hydrogen-bond donors (Lipinski definition) is 1. The monoisotopic (exact) mass is 356 g/mol. The van der Waals surface area contributed by atoms with Gasteiger partial charge in [-0.25, -0.2) is 0 Å². The summed E-state index contributed by atoms with van der Waals surface area (Å²) in [4.78, 5) is 24.4. The fourth-order valence-electron chi connectivity index (χ4n) is 2.44. The average molecular weight is 356 g/mol. The Balaban J connectivity index is 1.60. The predicted molar refractivity (Wildman–Crippen MR) is 102 cm³/mol. The van der Waals surface area contributed by atoms with Crippen LogP contribution in [0.4, 0.5) is 5.69 Å². The molecule has 0 aromatic heterocycles. The highest BCUT2D eigenvalue weighted by molar-refractivity contribution is 6.04. The van der Waals surface area contributed by atoms with Crippen LogP contribution in [0.1, 0.15) is 26.3 Å². The lowest BCUT2D eigenvalue weighted by molar-refractivity contribution is 0.0921. The van der Waals surface area contributed by atoms with E-state index in [0.717, 1.165) is 0 Å². The number of ketones is 1. The molecule has 0 heterocycles. The third-order valence-electron chi connectivity index (χ3n) is 3.87. The summed E-state index contributed by atoms with van der Waals surface area (Å²) < 4.78 is 5.46. The molecule has 0 radical (unpaired) electrons. The van der Waals surface area contributed by atoms with Crippen molar-refractivity contribution in [1.82, 2.24) is 0 Å². The van der Waals surface area contributed by atoms with Gasteiger partial charge in [-0.15, -0.1) is 0 Å². The number of amides is 1. The summed E-state index contributed by atoms with van der Waals surface area (Å²) in [5, 5.41) is 11.8. The van der Waals surface area contributed by atoms with Gasteiger partial charge in [-0.1, -0.05) is 30.3 Å². The van der Waals surface area contributed by atoms with Crippen LogP contribution in [-0.2, 0) is 0 Å². The molecule has 0 aliphatic carbocycles. The van der Waals surface area contributed by atoms with Crippen LogP contribution in [0.25, 0.3) is 0 Å². The molecular formula is C22H16N2O3. The molecular weight excluding hydrogens is 340 g/mol. The van der Waals surface area contributed by atoms with Crippen LogP contribution >= 0.6 is 0 Å². The number of para-hydroxylation sites is 1. The summed E-state index contributed by atoms with van der Waals surface area (Å²) in [6.45, 7) is -0.172. The van der Waals surface area contributed by atoms with Gasteiger partial charge < -0.3 is 10.1 Å². The molecule has 3 aromatic carbocycles. The Morgan fingerprint density at radius 1 is 0.852 bits per heavy atom. The van der Waals surface area contributed by atoms with E-state index in [1.54, 1.807) is 72.8 Å². The lowest BCUT2D eigenvalue weighted by atomic mass is 10.1. The summed E-state index contributed by atoms with van der Waals surface area (Å²) in [6, 6.07) is 24.2. The van der Waals surface area contributed by atoms with Crippen LogP contribution in [0.3, 0.4) is 0 Å². The van der Waals surface area contributed by atoms with Gasteiger partial charge in [-0.05, 0) is 48.5 Å². The first kappa shape index (κ1) is 17.9. The second-order valence-corrected chi connectivity index (χ2v) is 5.72. The van der Waals surface area contributed by atoms with E-state index in [4.69, 9.17) is 10.00 Å². The second kappa shape index (κ2) is 8.45. The molecule has 3 aromatic rings. The van der Waals surface area contributed by atoms with E-state index in [1.807, 2.05) is 12.1 Å². The molecule has 0 spiro atoms. The van der Waals surface area contributed by atoms with Crippen molar-refractivity contribution in [2.24, 2.45) is 0 Å². The highest BCUT2D eigenvalue weighted by atomic mass is 16.5.